The lowest BCUT2D eigenvalue weighted by molar-refractivity contribution is 0.000843. The Balaban J connectivity index is 1.86. The van der Waals surface area contributed by atoms with Crippen LogP contribution in [0.2, 0.25) is 0 Å². The third-order valence-electron chi connectivity index (χ3n) is 5.51. The zero-order chi connectivity index (χ0) is 15.3. The molecule has 0 unspecified atom stereocenters. The van der Waals surface area contributed by atoms with Crippen molar-refractivity contribution in [2.45, 2.75) is 24.4 Å². The second-order valence-electron chi connectivity index (χ2n) is 6.69. The first-order valence-electron chi connectivity index (χ1n) is 7.96. The molecule has 0 aromatic heterocycles. The third-order valence-corrected chi connectivity index (χ3v) is 5.51. The highest BCUT2D eigenvalue weighted by atomic mass is 16.6. The van der Waals surface area contributed by atoms with Gasteiger partial charge in [0.2, 0.25) is 0 Å². The molecular weight excluding hydrogens is 288 g/mol. The minimum absolute atomic E-state index is 0.0784. The molecule has 1 saturated heterocycles. The monoisotopic (exact) mass is 302 g/mol. The van der Waals surface area contributed by atoms with E-state index in [0.29, 0.717) is 0 Å². The molecule has 4 aromatic rings. The maximum atomic E-state index is 10.6. The summed E-state index contributed by atoms with van der Waals surface area (Å²) in [5.74, 6) is 0. The standard InChI is InChI=1S/C20H14O3/c21-17-16-12-7-6-10-3-1-2-9-4-5-11(15(12)14(9)10)8-13(16)19-20(23-19)18(17)22/h1-8,17-22H/t17-,18+,19-,20+/m0/s1. The zero-order valence-corrected chi connectivity index (χ0v) is 12.2. The van der Waals surface area contributed by atoms with Crippen molar-refractivity contribution >= 4 is 32.3 Å². The zero-order valence-electron chi connectivity index (χ0n) is 12.2. The van der Waals surface area contributed by atoms with Crippen LogP contribution in [0.5, 0.6) is 0 Å². The molecule has 2 N–H and O–H groups in total. The number of aliphatic hydroxyl groups is 2. The molecule has 0 amide bonds. The maximum Gasteiger partial charge on any atom is 0.118 e. The number of benzene rings is 4. The molecule has 6 rings (SSSR count). The minimum atomic E-state index is -0.890. The van der Waals surface area contributed by atoms with Crippen molar-refractivity contribution in [3.05, 3.63) is 59.7 Å². The van der Waals surface area contributed by atoms with Gasteiger partial charge in [-0.3, -0.25) is 0 Å². The van der Waals surface area contributed by atoms with E-state index in [1.165, 1.54) is 26.9 Å². The Morgan fingerprint density at radius 2 is 1.57 bits per heavy atom. The first-order valence-corrected chi connectivity index (χ1v) is 7.96. The molecule has 1 aliphatic carbocycles. The van der Waals surface area contributed by atoms with Crippen LogP contribution in [0.4, 0.5) is 0 Å². The van der Waals surface area contributed by atoms with Crippen molar-refractivity contribution in [2.75, 3.05) is 0 Å². The van der Waals surface area contributed by atoms with Gasteiger partial charge in [-0.05, 0) is 49.5 Å². The Bertz CT molecular complexity index is 1080. The molecule has 1 aliphatic heterocycles. The number of ether oxygens (including phenoxy) is 1. The molecule has 3 heteroatoms. The lowest BCUT2D eigenvalue weighted by Gasteiger charge is -2.26. The average Bonchev–Trinajstić information content (AvgIpc) is 3.38. The van der Waals surface area contributed by atoms with E-state index in [1.807, 2.05) is 0 Å². The van der Waals surface area contributed by atoms with Gasteiger partial charge in [-0.1, -0.05) is 42.5 Å². The van der Waals surface area contributed by atoms with Gasteiger partial charge < -0.3 is 14.9 Å². The molecule has 3 nitrogen and oxygen atoms in total. The highest BCUT2D eigenvalue weighted by Gasteiger charge is 2.54. The van der Waals surface area contributed by atoms with E-state index in [1.54, 1.807) is 0 Å². The van der Waals surface area contributed by atoms with Crippen LogP contribution in [-0.2, 0) is 4.74 Å². The molecule has 0 spiro atoms. The van der Waals surface area contributed by atoms with Gasteiger partial charge in [0, 0.05) is 0 Å². The van der Waals surface area contributed by atoms with Crippen LogP contribution in [0.15, 0.2) is 48.5 Å². The number of fused-ring (bicyclic) bond motifs is 4. The fraction of sp³-hybridized carbons (Fsp3) is 0.200. The second kappa shape index (κ2) is 3.82. The smallest absolute Gasteiger partial charge is 0.118 e. The van der Waals surface area contributed by atoms with E-state index in [4.69, 9.17) is 4.74 Å². The van der Waals surface area contributed by atoms with E-state index in [-0.39, 0.29) is 12.2 Å². The van der Waals surface area contributed by atoms with Crippen LogP contribution in [0, 0.1) is 0 Å². The summed E-state index contributed by atoms with van der Waals surface area (Å²) in [5.41, 5.74) is 1.86. The van der Waals surface area contributed by atoms with Gasteiger partial charge in [0.25, 0.3) is 0 Å². The number of aliphatic hydroxyl groups excluding tert-OH is 2. The average molecular weight is 302 g/mol. The van der Waals surface area contributed by atoms with Crippen molar-refractivity contribution in [1.82, 2.24) is 0 Å². The second-order valence-corrected chi connectivity index (χ2v) is 6.69. The quantitative estimate of drug-likeness (QED) is 0.386. The lowest BCUT2D eigenvalue weighted by Crippen LogP contribution is -2.29. The van der Waals surface area contributed by atoms with Gasteiger partial charge in [-0.25, -0.2) is 0 Å². The number of hydrogen-bond acceptors (Lipinski definition) is 3. The van der Waals surface area contributed by atoms with Gasteiger partial charge in [0.1, 0.15) is 24.4 Å². The molecule has 0 radical (unpaired) electrons. The fourth-order valence-electron chi connectivity index (χ4n) is 4.40. The highest BCUT2D eigenvalue weighted by Crippen LogP contribution is 2.53. The van der Waals surface area contributed by atoms with Crippen molar-refractivity contribution in [3.8, 4) is 0 Å². The van der Waals surface area contributed by atoms with E-state index < -0.39 is 12.2 Å². The topological polar surface area (TPSA) is 53.0 Å². The molecule has 0 bridgehead atoms. The molecule has 23 heavy (non-hydrogen) atoms. The van der Waals surface area contributed by atoms with Crippen LogP contribution in [0.3, 0.4) is 0 Å². The molecule has 1 heterocycles. The first-order chi connectivity index (χ1) is 11.2. The molecule has 0 saturated carbocycles. The summed E-state index contributed by atoms with van der Waals surface area (Å²) in [6, 6.07) is 16.9. The summed E-state index contributed by atoms with van der Waals surface area (Å²) in [6.07, 6.45) is -2.07. The van der Waals surface area contributed by atoms with Gasteiger partial charge in [0.15, 0.2) is 0 Å². The summed E-state index contributed by atoms with van der Waals surface area (Å²) < 4.78 is 5.60. The molecule has 2 aliphatic rings. The van der Waals surface area contributed by atoms with E-state index in [9.17, 15) is 10.2 Å². The van der Waals surface area contributed by atoms with Crippen LogP contribution in [-0.4, -0.2) is 22.4 Å². The molecule has 1 fully saturated rings. The molecular formula is C20H14O3. The van der Waals surface area contributed by atoms with Crippen LogP contribution in [0.1, 0.15) is 23.3 Å². The summed E-state index contributed by atoms with van der Waals surface area (Å²) in [7, 11) is 0. The predicted molar refractivity (Wildman–Crippen MR) is 88.7 cm³/mol. The Labute approximate surface area is 132 Å². The highest BCUT2D eigenvalue weighted by molar-refractivity contribution is 6.23. The Morgan fingerprint density at radius 3 is 2.39 bits per heavy atom. The SMILES string of the molecule is O[C@H]1[C@H]2O[C@H]2c2cc3ccc4cccc5ccc(c2[C@@H]1O)c3c45. The van der Waals surface area contributed by atoms with Crippen molar-refractivity contribution in [2.24, 2.45) is 0 Å². The van der Waals surface area contributed by atoms with E-state index in [2.05, 4.69) is 48.5 Å². The summed E-state index contributed by atoms with van der Waals surface area (Å²) in [4.78, 5) is 0. The number of rotatable bonds is 0. The van der Waals surface area contributed by atoms with Gasteiger partial charge in [-0.2, -0.15) is 0 Å². The third kappa shape index (κ3) is 1.36. The summed E-state index contributed by atoms with van der Waals surface area (Å²) >= 11 is 0. The van der Waals surface area contributed by atoms with Gasteiger partial charge >= 0.3 is 0 Å². The van der Waals surface area contributed by atoms with E-state index in [0.717, 1.165) is 16.5 Å². The predicted octanol–water partition coefficient (Wildman–Crippen LogP) is 3.43. The van der Waals surface area contributed by atoms with Crippen LogP contribution < -0.4 is 0 Å². The van der Waals surface area contributed by atoms with Crippen molar-refractivity contribution in [1.29, 1.82) is 0 Å². The van der Waals surface area contributed by atoms with Crippen LogP contribution >= 0.6 is 0 Å². The van der Waals surface area contributed by atoms with Crippen molar-refractivity contribution in [3.63, 3.8) is 0 Å². The number of hydrogen-bond donors (Lipinski definition) is 2. The van der Waals surface area contributed by atoms with E-state index >= 15 is 0 Å². The molecule has 4 atom stereocenters. The molecule has 4 aromatic carbocycles. The van der Waals surface area contributed by atoms with Crippen molar-refractivity contribution < 1.29 is 14.9 Å². The summed E-state index contributed by atoms with van der Waals surface area (Å²) in [5, 5.41) is 27.9. The first kappa shape index (κ1) is 12.3. The fourth-order valence-corrected chi connectivity index (χ4v) is 4.40. The summed E-state index contributed by atoms with van der Waals surface area (Å²) in [6.45, 7) is 0. The largest absolute Gasteiger partial charge is 0.387 e. The Hall–Kier alpha value is -2.20. The minimum Gasteiger partial charge on any atom is -0.387 e. The lowest BCUT2D eigenvalue weighted by atomic mass is 9.81. The van der Waals surface area contributed by atoms with Crippen LogP contribution in [0.25, 0.3) is 32.3 Å². The maximum absolute atomic E-state index is 10.6. The van der Waals surface area contributed by atoms with Gasteiger partial charge in [-0.15, -0.1) is 0 Å². The Morgan fingerprint density at radius 1 is 0.826 bits per heavy atom. The molecule has 112 valence electrons. The number of epoxide rings is 1. The normalized spacial score (nSPS) is 29.1. The van der Waals surface area contributed by atoms with Gasteiger partial charge in [0.05, 0.1) is 0 Å². The Kier molecular flexibility index (Phi) is 2.03.